The zero-order valence-electron chi connectivity index (χ0n) is 14.4. The number of amides is 1. The van der Waals surface area contributed by atoms with E-state index in [0.29, 0.717) is 18.8 Å². The molecule has 0 bridgehead atoms. The molecule has 0 radical (unpaired) electrons. The Balaban J connectivity index is 1.69. The monoisotopic (exact) mass is 331 g/mol. The fourth-order valence-electron chi connectivity index (χ4n) is 2.92. The largest absolute Gasteiger partial charge is 0.379 e. The van der Waals surface area contributed by atoms with Crippen LogP contribution >= 0.6 is 0 Å². The third-order valence-electron chi connectivity index (χ3n) is 4.13. The standard InChI is InChI=1S/C17H25N5O2/c1-20(2)13-14-16(19-15-5-3-4-7-22(14)15)17(23)18-6-8-21-9-11-24-12-10-21/h3-5,7H,6,8-13H2,1-2H3,(H,18,23). The molecule has 1 saturated heterocycles. The minimum Gasteiger partial charge on any atom is -0.379 e. The Labute approximate surface area is 142 Å². The number of aromatic nitrogens is 2. The zero-order valence-corrected chi connectivity index (χ0v) is 14.4. The molecule has 0 atom stereocenters. The fraction of sp³-hybridized carbons (Fsp3) is 0.529. The molecule has 0 aromatic carbocycles. The van der Waals surface area contributed by atoms with Crippen LogP contribution in [0, 0.1) is 0 Å². The molecule has 1 N–H and O–H groups in total. The van der Waals surface area contributed by atoms with E-state index in [1.807, 2.05) is 47.8 Å². The lowest BCUT2D eigenvalue weighted by Gasteiger charge is -2.26. The molecule has 3 rings (SSSR count). The number of carbonyl (C=O) groups is 1. The second-order valence-electron chi connectivity index (χ2n) is 6.28. The topological polar surface area (TPSA) is 62.1 Å². The first-order chi connectivity index (χ1) is 11.6. The number of morpholine rings is 1. The predicted octanol–water partition coefficient (Wildman–Crippen LogP) is 0.458. The number of hydrogen-bond acceptors (Lipinski definition) is 5. The van der Waals surface area contributed by atoms with Crippen molar-refractivity contribution in [3.63, 3.8) is 0 Å². The second kappa shape index (κ2) is 7.74. The summed E-state index contributed by atoms with van der Waals surface area (Å²) in [6.45, 7) is 5.52. The Bertz CT molecular complexity index is 691. The quantitative estimate of drug-likeness (QED) is 0.833. The Hall–Kier alpha value is -1.96. The summed E-state index contributed by atoms with van der Waals surface area (Å²) in [5.74, 6) is -0.108. The van der Waals surface area contributed by atoms with E-state index in [2.05, 4.69) is 15.2 Å². The van der Waals surface area contributed by atoms with Gasteiger partial charge in [-0.25, -0.2) is 4.98 Å². The van der Waals surface area contributed by atoms with Crippen molar-refractivity contribution in [3.05, 3.63) is 35.8 Å². The minimum absolute atomic E-state index is 0.108. The van der Waals surface area contributed by atoms with E-state index in [4.69, 9.17) is 4.74 Å². The third-order valence-corrected chi connectivity index (χ3v) is 4.13. The van der Waals surface area contributed by atoms with Gasteiger partial charge in [-0.05, 0) is 26.2 Å². The molecule has 130 valence electrons. The molecule has 7 heteroatoms. The lowest BCUT2D eigenvalue weighted by Crippen LogP contribution is -2.41. The molecule has 2 aromatic rings. The van der Waals surface area contributed by atoms with Gasteiger partial charge in [0.15, 0.2) is 5.69 Å². The Kier molecular flexibility index (Phi) is 5.44. The van der Waals surface area contributed by atoms with Crippen molar-refractivity contribution >= 4 is 11.6 Å². The molecule has 3 heterocycles. The molecule has 1 fully saturated rings. The van der Waals surface area contributed by atoms with Crippen LogP contribution in [-0.2, 0) is 11.3 Å². The smallest absolute Gasteiger partial charge is 0.271 e. The second-order valence-corrected chi connectivity index (χ2v) is 6.28. The van der Waals surface area contributed by atoms with Gasteiger partial charge < -0.3 is 19.4 Å². The molecular weight excluding hydrogens is 306 g/mol. The number of rotatable bonds is 6. The lowest BCUT2D eigenvalue weighted by atomic mass is 10.3. The van der Waals surface area contributed by atoms with Crippen LogP contribution in [0.1, 0.15) is 16.2 Å². The third kappa shape index (κ3) is 3.92. The molecule has 2 aromatic heterocycles. The molecule has 0 aliphatic carbocycles. The number of fused-ring (bicyclic) bond motifs is 1. The first-order valence-corrected chi connectivity index (χ1v) is 8.34. The molecule has 24 heavy (non-hydrogen) atoms. The van der Waals surface area contributed by atoms with E-state index >= 15 is 0 Å². The van der Waals surface area contributed by atoms with Crippen molar-refractivity contribution in [2.24, 2.45) is 0 Å². The average molecular weight is 331 g/mol. The SMILES string of the molecule is CN(C)Cc1c(C(=O)NCCN2CCOCC2)nc2ccccn12. The number of nitrogens with one attached hydrogen (secondary N) is 1. The number of pyridine rings is 1. The maximum Gasteiger partial charge on any atom is 0.271 e. The van der Waals surface area contributed by atoms with E-state index in [9.17, 15) is 4.79 Å². The van der Waals surface area contributed by atoms with E-state index in [1.54, 1.807) is 0 Å². The Morgan fingerprint density at radius 2 is 2.12 bits per heavy atom. The summed E-state index contributed by atoms with van der Waals surface area (Å²) in [4.78, 5) is 21.5. The van der Waals surface area contributed by atoms with Gasteiger partial charge in [0.2, 0.25) is 0 Å². The maximum absolute atomic E-state index is 12.6. The number of hydrogen-bond donors (Lipinski definition) is 1. The van der Waals surface area contributed by atoms with E-state index in [1.165, 1.54) is 0 Å². The van der Waals surface area contributed by atoms with Gasteiger partial charge in [0.1, 0.15) is 5.65 Å². The summed E-state index contributed by atoms with van der Waals surface area (Å²) >= 11 is 0. The molecular formula is C17H25N5O2. The van der Waals surface area contributed by atoms with Crippen LogP contribution in [0.3, 0.4) is 0 Å². The van der Waals surface area contributed by atoms with Crippen molar-refractivity contribution in [1.29, 1.82) is 0 Å². The molecule has 0 saturated carbocycles. The van der Waals surface area contributed by atoms with Crippen molar-refractivity contribution in [2.45, 2.75) is 6.54 Å². The first kappa shape index (κ1) is 16.9. The lowest BCUT2D eigenvalue weighted by molar-refractivity contribution is 0.0383. The summed E-state index contributed by atoms with van der Waals surface area (Å²) < 4.78 is 7.32. The van der Waals surface area contributed by atoms with E-state index < -0.39 is 0 Å². The van der Waals surface area contributed by atoms with Gasteiger partial charge in [-0.1, -0.05) is 6.07 Å². The van der Waals surface area contributed by atoms with E-state index in [-0.39, 0.29) is 5.91 Å². The van der Waals surface area contributed by atoms with Crippen LogP contribution in [0.15, 0.2) is 24.4 Å². The van der Waals surface area contributed by atoms with Gasteiger partial charge in [-0.3, -0.25) is 9.69 Å². The Morgan fingerprint density at radius 3 is 2.88 bits per heavy atom. The summed E-state index contributed by atoms with van der Waals surface area (Å²) in [6, 6.07) is 5.81. The highest BCUT2D eigenvalue weighted by Gasteiger charge is 2.19. The van der Waals surface area contributed by atoms with Gasteiger partial charge >= 0.3 is 0 Å². The zero-order chi connectivity index (χ0) is 16.9. The van der Waals surface area contributed by atoms with Gasteiger partial charge in [0.25, 0.3) is 5.91 Å². The van der Waals surface area contributed by atoms with Crippen molar-refractivity contribution in [3.8, 4) is 0 Å². The maximum atomic E-state index is 12.6. The molecule has 7 nitrogen and oxygen atoms in total. The van der Waals surface area contributed by atoms with Crippen LogP contribution in [0.25, 0.3) is 5.65 Å². The van der Waals surface area contributed by atoms with Crippen LogP contribution in [0.4, 0.5) is 0 Å². The average Bonchev–Trinajstić information content (AvgIpc) is 2.94. The van der Waals surface area contributed by atoms with Gasteiger partial charge in [-0.15, -0.1) is 0 Å². The minimum atomic E-state index is -0.108. The highest BCUT2D eigenvalue weighted by Crippen LogP contribution is 2.14. The van der Waals surface area contributed by atoms with Crippen LogP contribution in [0.5, 0.6) is 0 Å². The normalized spacial score (nSPS) is 16.0. The molecule has 1 aliphatic heterocycles. The van der Waals surface area contributed by atoms with Gasteiger partial charge in [0.05, 0.1) is 18.9 Å². The number of carbonyl (C=O) groups excluding carboxylic acids is 1. The number of nitrogens with zero attached hydrogens (tertiary/aromatic N) is 4. The first-order valence-electron chi connectivity index (χ1n) is 8.34. The molecule has 0 spiro atoms. The molecule has 1 aliphatic rings. The summed E-state index contributed by atoms with van der Waals surface area (Å²) in [5, 5.41) is 3.01. The van der Waals surface area contributed by atoms with Crippen molar-refractivity contribution < 1.29 is 9.53 Å². The summed E-state index contributed by atoms with van der Waals surface area (Å²) in [6.07, 6.45) is 1.95. The molecule has 0 unspecified atom stereocenters. The van der Waals surface area contributed by atoms with Crippen LogP contribution in [0.2, 0.25) is 0 Å². The van der Waals surface area contributed by atoms with Crippen LogP contribution < -0.4 is 5.32 Å². The molecule has 1 amide bonds. The highest BCUT2D eigenvalue weighted by atomic mass is 16.5. The predicted molar refractivity (Wildman–Crippen MR) is 92.2 cm³/mol. The van der Waals surface area contributed by atoms with Crippen LogP contribution in [-0.4, -0.2) is 78.6 Å². The highest BCUT2D eigenvalue weighted by molar-refractivity contribution is 5.94. The number of ether oxygens (including phenoxy) is 1. The fourth-order valence-corrected chi connectivity index (χ4v) is 2.92. The van der Waals surface area contributed by atoms with Crippen molar-refractivity contribution in [2.75, 3.05) is 53.5 Å². The van der Waals surface area contributed by atoms with Gasteiger partial charge in [0, 0.05) is 38.9 Å². The summed E-state index contributed by atoms with van der Waals surface area (Å²) in [5.41, 5.74) is 2.23. The number of imidazole rings is 1. The Morgan fingerprint density at radius 1 is 1.33 bits per heavy atom. The van der Waals surface area contributed by atoms with Gasteiger partial charge in [-0.2, -0.15) is 0 Å². The summed E-state index contributed by atoms with van der Waals surface area (Å²) in [7, 11) is 3.98. The van der Waals surface area contributed by atoms with Crippen molar-refractivity contribution in [1.82, 2.24) is 24.5 Å². The van der Waals surface area contributed by atoms with E-state index in [0.717, 1.165) is 44.2 Å².